The highest BCUT2D eigenvalue weighted by molar-refractivity contribution is 14.1. The number of anilines is 1. The van der Waals surface area contributed by atoms with Crippen LogP contribution < -0.4 is 5.32 Å². The van der Waals surface area contributed by atoms with E-state index in [9.17, 15) is 23.1 Å². The molecule has 0 amide bonds. The summed E-state index contributed by atoms with van der Waals surface area (Å²) in [6, 6.07) is 2.27. The van der Waals surface area contributed by atoms with Crippen molar-refractivity contribution in [3.8, 4) is 0 Å². The summed E-state index contributed by atoms with van der Waals surface area (Å²) in [6.45, 7) is 3.53. The van der Waals surface area contributed by atoms with Gasteiger partial charge in [-0.25, -0.2) is 9.78 Å². The highest BCUT2D eigenvalue weighted by Crippen LogP contribution is 2.41. The molecular weight excluding hydrogens is 496 g/mol. The zero-order valence-corrected chi connectivity index (χ0v) is 17.3. The third-order valence-corrected chi connectivity index (χ3v) is 6.22. The van der Waals surface area contributed by atoms with E-state index < -0.39 is 23.2 Å². The molecule has 9 heteroatoms. The first kappa shape index (κ1) is 20.2. The van der Waals surface area contributed by atoms with Gasteiger partial charge in [-0.15, -0.1) is 0 Å². The molecule has 1 aromatic heterocycles. The topological polar surface area (TPSA) is 62.2 Å². The monoisotopic (exact) mass is 510 g/mol. The standard InChI is InChI=1S/C18H15ClF3IN2O2/c1-8-3-9(18(20,21)22)4-13-10(8)5-17(2,25-13)6-11-14(23)12(16(26)27)7-24-15(11)19/h3-4,7,25H,5-6H2,1-2H3,(H,26,27). The van der Waals surface area contributed by atoms with E-state index in [2.05, 4.69) is 10.3 Å². The summed E-state index contributed by atoms with van der Waals surface area (Å²) in [5.74, 6) is -1.11. The highest BCUT2D eigenvalue weighted by atomic mass is 127. The van der Waals surface area contributed by atoms with Crippen molar-refractivity contribution in [3.63, 3.8) is 0 Å². The quantitative estimate of drug-likeness (QED) is 0.433. The van der Waals surface area contributed by atoms with E-state index in [1.54, 1.807) is 6.92 Å². The molecule has 0 spiro atoms. The molecule has 1 unspecified atom stereocenters. The number of benzene rings is 1. The van der Waals surface area contributed by atoms with Crippen LogP contribution in [-0.4, -0.2) is 21.6 Å². The number of pyridine rings is 1. The van der Waals surface area contributed by atoms with Crippen molar-refractivity contribution in [2.75, 3.05) is 5.32 Å². The Morgan fingerprint density at radius 2 is 2.11 bits per heavy atom. The number of rotatable bonds is 3. The predicted molar refractivity (Wildman–Crippen MR) is 105 cm³/mol. The van der Waals surface area contributed by atoms with Crippen LogP contribution in [0.25, 0.3) is 0 Å². The number of aromatic carboxylic acids is 1. The van der Waals surface area contributed by atoms with Crippen molar-refractivity contribution in [3.05, 3.63) is 54.9 Å². The zero-order valence-electron chi connectivity index (χ0n) is 14.3. The Balaban J connectivity index is 1.97. The van der Waals surface area contributed by atoms with Crippen LogP contribution in [0.5, 0.6) is 0 Å². The molecule has 3 rings (SSSR count). The van der Waals surface area contributed by atoms with Crippen LogP contribution in [0.2, 0.25) is 5.15 Å². The molecule has 0 radical (unpaired) electrons. The van der Waals surface area contributed by atoms with Gasteiger partial charge in [0.15, 0.2) is 0 Å². The number of hydrogen-bond acceptors (Lipinski definition) is 3. The van der Waals surface area contributed by atoms with Gasteiger partial charge in [-0.3, -0.25) is 0 Å². The maximum Gasteiger partial charge on any atom is 0.416 e. The summed E-state index contributed by atoms with van der Waals surface area (Å²) in [6.07, 6.45) is -2.39. The molecule has 1 aliphatic heterocycles. The van der Waals surface area contributed by atoms with Gasteiger partial charge in [0.1, 0.15) is 5.15 Å². The fourth-order valence-electron chi connectivity index (χ4n) is 3.39. The van der Waals surface area contributed by atoms with Crippen molar-refractivity contribution in [1.29, 1.82) is 0 Å². The van der Waals surface area contributed by atoms with Gasteiger partial charge in [0.2, 0.25) is 0 Å². The minimum atomic E-state index is -4.42. The molecule has 1 aliphatic rings. The van der Waals surface area contributed by atoms with E-state index in [4.69, 9.17) is 11.6 Å². The van der Waals surface area contributed by atoms with Gasteiger partial charge >= 0.3 is 12.1 Å². The number of aromatic nitrogens is 1. The normalized spacial score (nSPS) is 18.9. The Hall–Kier alpha value is -1.55. The van der Waals surface area contributed by atoms with Crippen molar-refractivity contribution in [2.45, 2.75) is 38.4 Å². The SMILES string of the molecule is Cc1cc(C(F)(F)F)cc2c1CC(C)(Cc1c(Cl)ncc(C(=O)O)c1I)N2. The average Bonchev–Trinajstić information content (AvgIpc) is 2.87. The summed E-state index contributed by atoms with van der Waals surface area (Å²) in [5, 5.41) is 12.7. The first-order valence-corrected chi connectivity index (χ1v) is 9.42. The van der Waals surface area contributed by atoms with Gasteiger partial charge < -0.3 is 10.4 Å². The molecule has 0 aliphatic carbocycles. The zero-order chi connectivity index (χ0) is 20.1. The third kappa shape index (κ3) is 3.87. The summed E-state index contributed by atoms with van der Waals surface area (Å²) in [5.41, 5.74) is 1.13. The number of nitrogens with one attached hydrogen (secondary N) is 1. The second-order valence-corrected chi connectivity index (χ2v) is 8.35. The van der Waals surface area contributed by atoms with Crippen molar-refractivity contribution in [2.24, 2.45) is 0 Å². The van der Waals surface area contributed by atoms with Crippen LogP contribution in [0, 0.1) is 10.5 Å². The Morgan fingerprint density at radius 3 is 2.70 bits per heavy atom. The minimum Gasteiger partial charge on any atom is -0.478 e. The Bertz CT molecular complexity index is 949. The number of fused-ring (bicyclic) bond motifs is 1. The van der Waals surface area contributed by atoms with Crippen LogP contribution in [0.3, 0.4) is 0 Å². The van der Waals surface area contributed by atoms with Gasteiger partial charge in [-0.1, -0.05) is 11.6 Å². The molecule has 0 saturated heterocycles. The van der Waals surface area contributed by atoms with E-state index in [0.29, 0.717) is 33.2 Å². The first-order valence-electron chi connectivity index (χ1n) is 7.96. The molecule has 0 fully saturated rings. The van der Waals surface area contributed by atoms with E-state index in [1.807, 2.05) is 29.5 Å². The molecule has 4 nitrogen and oxygen atoms in total. The summed E-state index contributed by atoms with van der Waals surface area (Å²) in [7, 11) is 0. The largest absolute Gasteiger partial charge is 0.478 e. The van der Waals surface area contributed by atoms with E-state index >= 15 is 0 Å². The van der Waals surface area contributed by atoms with Gasteiger partial charge in [0, 0.05) is 26.6 Å². The maximum absolute atomic E-state index is 13.1. The Labute approximate surface area is 172 Å². The average molecular weight is 511 g/mol. The van der Waals surface area contributed by atoms with E-state index in [1.165, 1.54) is 6.20 Å². The second-order valence-electron chi connectivity index (χ2n) is 6.92. The lowest BCUT2D eigenvalue weighted by Crippen LogP contribution is -2.35. The fourth-order valence-corrected chi connectivity index (χ4v) is 4.58. The number of carboxylic acid groups (broad SMARTS) is 1. The van der Waals surface area contributed by atoms with Gasteiger partial charge in [0.05, 0.1) is 11.1 Å². The molecule has 144 valence electrons. The van der Waals surface area contributed by atoms with Gasteiger partial charge in [-0.2, -0.15) is 13.2 Å². The smallest absolute Gasteiger partial charge is 0.416 e. The van der Waals surface area contributed by atoms with Crippen LogP contribution in [0.4, 0.5) is 18.9 Å². The molecule has 1 aromatic carbocycles. The molecule has 2 aromatic rings. The van der Waals surface area contributed by atoms with Crippen molar-refractivity contribution < 1.29 is 23.1 Å². The van der Waals surface area contributed by atoms with Crippen molar-refractivity contribution in [1.82, 2.24) is 4.98 Å². The van der Waals surface area contributed by atoms with Crippen LogP contribution in [-0.2, 0) is 19.0 Å². The summed E-state index contributed by atoms with van der Waals surface area (Å²) >= 11 is 8.10. The van der Waals surface area contributed by atoms with Crippen LogP contribution in [0.1, 0.15) is 39.5 Å². The van der Waals surface area contributed by atoms with Crippen LogP contribution in [0.15, 0.2) is 18.3 Å². The Morgan fingerprint density at radius 1 is 1.44 bits per heavy atom. The number of hydrogen-bond donors (Lipinski definition) is 2. The minimum absolute atomic E-state index is 0.0460. The lowest BCUT2D eigenvalue weighted by Gasteiger charge is -2.26. The molecule has 2 N–H and O–H groups in total. The number of alkyl halides is 3. The molecule has 0 saturated carbocycles. The lowest BCUT2D eigenvalue weighted by molar-refractivity contribution is -0.137. The number of nitrogens with zero attached hydrogens (tertiary/aromatic N) is 1. The predicted octanol–water partition coefficient (Wildman–Crippen LogP) is 5.33. The Kier molecular flexibility index (Phi) is 5.09. The van der Waals surface area contributed by atoms with Gasteiger partial charge in [0.25, 0.3) is 0 Å². The van der Waals surface area contributed by atoms with Gasteiger partial charge in [-0.05, 0) is 72.5 Å². The molecule has 2 heterocycles. The second kappa shape index (κ2) is 6.80. The lowest BCUT2D eigenvalue weighted by atomic mass is 9.89. The maximum atomic E-state index is 13.1. The molecule has 1 atom stereocenters. The third-order valence-electron chi connectivity index (χ3n) is 4.66. The molecule has 27 heavy (non-hydrogen) atoms. The highest BCUT2D eigenvalue weighted by Gasteiger charge is 2.38. The van der Waals surface area contributed by atoms with E-state index in [0.717, 1.165) is 17.7 Å². The van der Waals surface area contributed by atoms with Crippen molar-refractivity contribution >= 4 is 45.8 Å². The molecule has 0 bridgehead atoms. The number of aryl methyl sites for hydroxylation is 1. The number of halogens is 5. The fraction of sp³-hybridized carbons (Fsp3) is 0.333. The first-order chi connectivity index (χ1) is 12.4. The summed E-state index contributed by atoms with van der Waals surface area (Å²) < 4.78 is 39.8. The molecular formula is C18H15ClF3IN2O2. The summed E-state index contributed by atoms with van der Waals surface area (Å²) in [4.78, 5) is 15.3. The van der Waals surface area contributed by atoms with Crippen LogP contribution >= 0.6 is 34.2 Å². The number of carbonyl (C=O) groups is 1. The number of carboxylic acids is 1. The van der Waals surface area contributed by atoms with E-state index in [-0.39, 0.29) is 10.7 Å².